The third kappa shape index (κ3) is 31.3. The van der Waals surface area contributed by atoms with Crippen LogP contribution >= 0.6 is 0 Å². The van der Waals surface area contributed by atoms with Gasteiger partial charge in [0.2, 0.25) is 0 Å². The van der Waals surface area contributed by atoms with E-state index in [-0.39, 0.29) is 45.5 Å². The molecule has 0 aliphatic rings. The maximum absolute atomic E-state index is 8.42. The fourth-order valence-corrected chi connectivity index (χ4v) is 0. The summed E-state index contributed by atoms with van der Waals surface area (Å²) in [5.41, 5.74) is 0. The van der Waals surface area contributed by atoms with Crippen molar-refractivity contribution in [3.05, 3.63) is 0 Å². The van der Waals surface area contributed by atoms with Crippen molar-refractivity contribution in [3.8, 4) is 0 Å². The minimum absolute atomic E-state index is 0. The Morgan fingerprint density at radius 3 is 1.00 bits per heavy atom. The smallest absolute Gasteiger partial charge is 0.907 e. The molecule has 0 spiro atoms. The van der Waals surface area contributed by atoms with Crippen LogP contribution in [0.25, 0.3) is 0 Å². The molecule has 5 heteroatoms. The van der Waals surface area contributed by atoms with Crippen LogP contribution in [-0.4, -0.2) is 52.8 Å². The largest absolute Gasteiger partial charge is 2.00 e. The molecular weight excluding hydrogens is 146 g/mol. The van der Waals surface area contributed by atoms with Gasteiger partial charge in [-0.1, -0.05) is 0 Å². The molecule has 0 aromatic rings. The monoisotopic (exact) mass is 147 g/mol. The maximum Gasteiger partial charge on any atom is 2.00 e. The third-order valence-electron chi connectivity index (χ3n) is 0. The van der Waals surface area contributed by atoms with Crippen LogP contribution in [0.4, 0.5) is 0 Å². The summed E-state index contributed by atoms with van der Waals surface area (Å²) in [4.78, 5) is 0. The molecule has 0 aliphatic carbocycles. The Bertz CT molecular complexity index is 11.6. The first-order valence-corrected chi connectivity index (χ1v) is 0.707. The predicted octanol–water partition coefficient (Wildman–Crippen LogP) is -4.33. The van der Waals surface area contributed by atoms with E-state index in [2.05, 4.69) is 0 Å². The molecule has 0 aromatic carbocycles. The second kappa shape index (κ2) is 5.43. The third-order valence-corrected chi connectivity index (χ3v) is 0. The topological polar surface area (TPSA) is 69.2 Å². The molecule has 0 aromatic heterocycles. The van der Waals surface area contributed by atoms with Gasteiger partial charge in [0.05, 0.1) is 0 Å². The number of hydrogen-bond acceptors (Lipinski definition) is 3. The Hall–Kier alpha value is 1.43. The molecule has 24 valence electrons. The molecule has 0 N–H and O–H groups in total. The summed E-state index contributed by atoms with van der Waals surface area (Å²) in [5, 5.41) is 25.2. The van der Waals surface area contributed by atoms with Crippen molar-refractivity contribution in [2.75, 3.05) is 0 Å². The first-order chi connectivity index (χ1) is 1.73. The van der Waals surface area contributed by atoms with Gasteiger partial charge in [0, 0.05) is 0 Å². The summed E-state index contributed by atoms with van der Waals surface area (Å²) in [6.45, 7) is 0. The van der Waals surface area contributed by atoms with E-state index in [1.165, 1.54) is 0 Å². The molecule has 0 radical (unpaired) electrons. The summed E-state index contributed by atoms with van der Waals surface area (Å²) in [7, 11) is -2.92. The SMILES string of the molecule is [O-]B([O-])[O-].[Sr+2]. The molecule has 0 bridgehead atoms. The van der Waals surface area contributed by atoms with Crippen molar-refractivity contribution in [1.82, 2.24) is 0 Å². The van der Waals surface area contributed by atoms with Gasteiger partial charge in [-0.25, -0.2) is 0 Å². The molecule has 0 unspecified atom stereocenters. The summed E-state index contributed by atoms with van der Waals surface area (Å²) < 4.78 is 0. The summed E-state index contributed by atoms with van der Waals surface area (Å²) in [6, 6.07) is 0. The zero-order valence-corrected chi connectivity index (χ0v) is 5.99. The van der Waals surface area contributed by atoms with E-state index in [9.17, 15) is 0 Å². The van der Waals surface area contributed by atoms with E-state index in [0.29, 0.717) is 0 Å². The molecule has 0 saturated carbocycles. The van der Waals surface area contributed by atoms with Crippen LogP contribution in [0.2, 0.25) is 0 Å². The Morgan fingerprint density at radius 1 is 1.00 bits per heavy atom. The van der Waals surface area contributed by atoms with E-state index in [1.807, 2.05) is 0 Å². The van der Waals surface area contributed by atoms with Gasteiger partial charge in [0.25, 0.3) is 0 Å². The van der Waals surface area contributed by atoms with Crippen LogP contribution in [0.5, 0.6) is 0 Å². The van der Waals surface area contributed by atoms with E-state index < -0.39 is 7.32 Å². The van der Waals surface area contributed by atoms with Gasteiger partial charge in [-0.3, -0.25) is 7.32 Å². The first kappa shape index (κ1) is 9.66. The van der Waals surface area contributed by atoms with Crippen molar-refractivity contribution < 1.29 is 15.1 Å². The zero-order valence-electron chi connectivity index (χ0n) is 2.51. The quantitative estimate of drug-likeness (QED) is 0.325. The standard InChI is InChI=1S/BO3.Sr/c2-1(3)4;/q-3;+2. The van der Waals surface area contributed by atoms with Crippen LogP contribution in [0, 0.1) is 0 Å². The Labute approximate surface area is 67.1 Å². The second-order valence-corrected chi connectivity index (χ2v) is 0.289. The van der Waals surface area contributed by atoms with E-state index in [0.717, 1.165) is 0 Å². The van der Waals surface area contributed by atoms with Crippen molar-refractivity contribution >= 4 is 52.8 Å². The van der Waals surface area contributed by atoms with E-state index in [1.54, 1.807) is 0 Å². The van der Waals surface area contributed by atoms with Gasteiger partial charge in [-0.2, -0.15) is 0 Å². The average molecular weight is 146 g/mol. The maximum atomic E-state index is 8.42. The molecule has 0 rings (SSSR count). The van der Waals surface area contributed by atoms with Crippen molar-refractivity contribution in [1.29, 1.82) is 0 Å². The minimum Gasteiger partial charge on any atom is -0.907 e. The Kier molecular flexibility index (Phi) is 10.5. The molecule has 0 aliphatic heterocycles. The Balaban J connectivity index is 0. The first-order valence-electron chi connectivity index (χ1n) is 0.707. The molecule has 0 amide bonds. The molecule has 0 fully saturated rings. The van der Waals surface area contributed by atoms with E-state index >= 15 is 0 Å². The van der Waals surface area contributed by atoms with Crippen molar-refractivity contribution in [2.45, 2.75) is 0 Å². The average Bonchev–Trinajstić information content (AvgIpc) is 0.811. The minimum atomic E-state index is -2.92. The van der Waals surface area contributed by atoms with Gasteiger partial charge < -0.3 is 15.1 Å². The summed E-state index contributed by atoms with van der Waals surface area (Å²) >= 11 is 0. The van der Waals surface area contributed by atoms with Gasteiger partial charge in [0.15, 0.2) is 0 Å². The second-order valence-electron chi connectivity index (χ2n) is 0.289. The molecular formula is BO3Sr-. The van der Waals surface area contributed by atoms with Gasteiger partial charge in [-0.15, -0.1) is 0 Å². The van der Waals surface area contributed by atoms with Crippen molar-refractivity contribution in [2.24, 2.45) is 0 Å². The van der Waals surface area contributed by atoms with Crippen LogP contribution in [-0.2, 0) is 0 Å². The number of rotatable bonds is 0. The van der Waals surface area contributed by atoms with Gasteiger partial charge in [-0.05, 0) is 0 Å². The van der Waals surface area contributed by atoms with Crippen LogP contribution in [0.15, 0.2) is 0 Å². The van der Waals surface area contributed by atoms with Gasteiger partial charge in [0.1, 0.15) is 0 Å². The van der Waals surface area contributed by atoms with Crippen molar-refractivity contribution in [3.63, 3.8) is 0 Å². The molecule has 3 nitrogen and oxygen atoms in total. The van der Waals surface area contributed by atoms with Gasteiger partial charge >= 0.3 is 45.5 Å². The fourth-order valence-electron chi connectivity index (χ4n) is 0. The van der Waals surface area contributed by atoms with Crippen LogP contribution in [0.1, 0.15) is 0 Å². The normalized spacial score (nSPS) is 5.40. The molecule has 0 heterocycles. The zero-order chi connectivity index (χ0) is 3.58. The molecule has 5 heavy (non-hydrogen) atoms. The summed E-state index contributed by atoms with van der Waals surface area (Å²) in [5.74, 6) is 0. The van der Waals surface area contributed by atoms with E-state index in [4.69, 9.17) is 15.1 Å². The number of hydrogen-bond donors (Lipinski definition) is 0. The fraction of sp³-hybridized carbons (Fsp3) is 0. The molecule has 0 atom stereocenters. The molecule has 0 saturated heterocycles. The summed E-state index contributed by atoms with van der Waals surface area (Å²) in [6.07, 6.45) is 0. The Morgan fingerprint density at radius 2 is 1.00 bits per heavy atom. The predicted molar refractivity (Wildman–Crippen MR) is 11.5 cm³/mol. The van der Waals surface area contributed by atoms with Crippen LogP contribution in [0.3, 0.4) is 0 Å². The van der Waals surface area contributed by atoms with Crippen LogP contribution < -0.4 is 15.1 Å².